The minimum Gasteiger partial charge on any atom is -0.507 e. The second-order valence-electron chi connectivity index (χ2n) is 15.0. The first-order chi connectivity index (χ1) is 22.6. The number of nitrogens with zero attached hydrogens (tertiary/aromatic N) is 1. The lowest BCUT2D eigenvalue weighted by Crippen LogP contribution is -2.70. The molecule has 5 N–H and O–H groups in total. The summed E-state index contributed by atoms with van der Waals surface area (Å²) in [4.78, 5) is 65.6. The molecule has 12 nitrogen and oxygen atoms in total. The highest BCUT2D eigenvalue weighted by molar-refractivity contribution is 6.33. The SMILES string of the molecule is CC(=O)C1=C(C)[C@@H](C(C)C)[C@]2(C)C[C@]3(C)Cc4c(C(C)C)cc(NC(=O)Nc5ccc(C)cc5[N+](=O)[O-])c(O)c4C(O)=C3C(=O)[C@]2(O)C1=O. The fraction of sp³-hybridized carbons (Fsp3) is 0.459. The third-order valence-corrected chi connectivity index (χ3v) is 10.8. The Bertz CT molecular complexity index is 1940. The van der Waals surface area contributed by atoms with Gasteiger partial charge in [-0.3, -0.25) is 24.5 Å². The molecule has 1 fully saturated rings. The Morgan fingerprint density at radius 3 is 2.16 bits per heavy atom. The van der Waals surface area contributed by atoms with Crippen LogP contribution < -0.4 is 10.6 Å². The van der Waals surface area contributed by atoms with E-state index in [9.17, 15) is 44.6 Å². The fourth-order valence-corrected chi connectivity index (χ4v) is 9.13. The standard InChI is InChI=1S/C37H43N3O9/c1-16(2)21-13-24(39-34(46)38-23-11-10-18(5)12-25(23)40(48)49)30(42)27-22(21)14-35(8)15-36(9)28(17(3)4)19(6)26(20(7)41)32(44)37(36,47)33(45)29(35)31(27)43/h10-13,16-17,28,42-43,47H,14-15H2,1-9H3,(H2,38,39,46)/t28-,35+,36+,37-/m1/s1. The molecule has 0 unspecified atom stereocenters. The van der Waals surface area contributed by atoms with Crippen LogP contribution in [0.25, 0.3) is 5.76 Å². The van der Waals surface area contributed by atoms with Crippen molar-refractivity contribution in [1.29, 1.82) is 0 Å². The van der Waals surface area contributed by atoms with Crippen molar-refractivity contribution in [2.24, 2.45) is 22.7 Å². The largest absolute Gasteiger partial charge is 0.507 e. The van der Waals surface area contributed by atoms with Gasteiger partial charge in [-0.1, -0.05) is 53.2 Å². The van der Waals surface area contributed by atoms with Crippen LogP contribution in [0.15, 0.2) is 41.0 Å². The number of carbonyl (C=O) groups excluding carboxylic acids is 4. The zero-order valence-corrected chi connectivity index (χ0v) is 29.2. The Morgan fingerprint density at radius 2 is 1.61 bits per heavy atom. The van der Waals surface area contributed by atoms with Gasteiger partial charge in [-0.2, -0.15) is 0 Å². The molecule has 12 heteroatoms. The number of carbonyl (C=O) groups is 4. The predicted molar refractivity (Wildman–Crippen MR) is 183 cm³/mol. The van der Waals surface area contributed by atoms with E-state index >= 15 is 0 Å². The number of ketones is 3. The molecular formula is C37H43N3O9. The Morgan fingerprint density at radius 1 is 1.00 bits per heavy atom. The molecule has 2 amide bonds. The smallest absolute Gasteiger partial charge is 0.323 e. The van der Waals surface area contributed by atoms with Gasteiger partial charge in [0.05, 0.1) is 21.7 Å². The summed E-state index contributed by atoms with van der Waals surface area (Å²) < 4.78 is 0. The lowest BCUT2D eigenvalue weighted by atomic mass is 9.42. The van der Waals surface area contributed by atoms with Crippen LogP contribution in [0.2, 0.25) is 0 Å². The molecule has 4 atom stereocenters. The lowest BCUT2D eigenvalue weighted by Gasteiger charge is -2.60. The van der Waals surface area contributed by atoms with E-state index < -0.39 is 62.2 Å². The number of phenolic OH excluding ortho intramolecular Hbond substituents is 1. The van der Waals surface area contributed by atoms with Gasteiger partial charge < -0.3 is 26.0 Å². The average molecular weight is 674 g/mol. The van der Waals surface area contributed by atoms with Crippen molar-refractivity contribution in [1.82, 2.24) is 0 Å². The molecule has 0 aliphatic heterocycles. The zero-order valence-electron chi connectivity index (χ0n) is 29.2. The highest BCUT2D eigenvalue weighted by atomic mass is 16.6. The number of Topliss-reactive ketones (excluding diaryl/α,β-unsaturated/α-hetero) is 3. The highest BCUT2D eigenvalue weighted by Gasteiger charge is 2.72. The normalized spacial score (nSPS) is 26.4. The Balaban J connectivity index is 1.67. The molecule has 0 bridgehead atoms. The van der Waals surface area contributed by atoms with E-state index in [1.807, 2.05) is 27.7 Å². The monoisotopic (exact) mass is 673 g/mol. The number of rotatable bonds is 6. The van der Waals surface area contributed by atoms with Crippen LogP contribution in [0.1, 0.15) is 90.0 Å². The molecule has 0 spiro atoms. The van der Waals surface area contributed by atoms with Gasteiger partial charge in [0.1, 0.15) is 17.2 Å². The maximum absolute atomic E-state index is 14.7. The number of phenols is 1. The van der Waals surface area contributed by atoms with E-state index in [1.165, 1.54) is 19.1 Å². The molecular weight excluding hydrogens is 630 g/mol. The van der Waals surface area contributed by atoms with Crippen molar-refractivity contribution in [2.45, 2.75) is 86.7 Å². The summed E-state index contributed by atoms with van der Waals surface area (Å²) >= 11 is 0. The third-order valence-electron chi connectivity index (χ3n) is 10.8. The van der Waals surface area contributed by atoms with Crippen LogP contribution in [0, 0.1) is 39.7 Å². The molecule has 3 aliphatic rings. The minimum atomic E-state index is -2.67. The Kier molecular flexibility index (Phi) is 8.43. The highest BCUT2D eigenvalue weighted by Crippen LogP contribution is 2.65. The van der Waals surface area contributed by atoms with Crippen molar-refractivity contribution in [2.75, 3.05) is 10.6 Å². The van der Waals surface area contributed by atoms with E-state index in [0.717, 1.165) is 0 Å². The number of hydrogen-bond donors (Lipinski definition) is 5. The molecule has 0 heterocycles. The van der Waals surface area contributed by atoms with Gasteiger partial charge in [-0.25, -0.2) is 4.79 Å². The fourth-order valence-electron chi connectivity index (χ4n) is 9.13. The number of nitro groups is 1. The molecule has 0 aromatic heterocycles. The number of aryl methyl sites for hydroxylation is 1. The van der Waals surface area contributed by atoms with Gasteiger partial charge in [0.2, 0.25) is 11.6 Å². The van der Waals surface area contributed by atoms with Gasteiger partial charge in [0, 0.05) is 22.5 Å². The number of aliphatic hydroxyl groups excluding tert-OH is 1. The summed E-state index contributed by atoms with van der Waals surface area (Å²) in [6.07, 6.45) is 0.262. The molecule has 5 rings (SSSR count). The first-order valence-corrected chi connectivity index (χ1v) is 16.3. The summed E-state index contributed by atoms with van der Waals surface area (Å²) in [7, 11) is 0. The van der Waals surface area contributed by atoms with Crippen LogP contribution >= 0.6 is 0 Å². The van der Waals surface area contributed by atoms with E-state index in [4.69, 9.17) is 0 Å². The summed E-state index contributed by atoms with van der Waals surface area (Å²) in [6.45, 7) is 15.7. The number of benzene rings is 2. The number of fused-ring (bicyclic) bond motifs is 3. The van der Waals surface area contributed by atoms with Gasteiger partial charge in [-0.15, -0.1) is 0 Å². The van der Waals surface area contributed by atoms with Crippen LogP contribution in [0.5, 0.6) is 5.75 Å². The van der Waals surface area contributed by atoms with Crippen molar-refractivity contribution >= 4 is 46.2 Å². The number of allylic oxidation sites excluding steroid dienone is 1. The lowest BCUT2D eigenvalue weighted by molar-refractivity contribution is -0.384. The van der Waals surface area contributed by atoms with Crippen LogP contribution in [0.3, 0.4) is 0 Å². The molecule has 2 aromatic carbocycles. The summed E-state index contributed by atoms with van der Waals surface area (Å²) in [6, 6.07) is 4.94. The summed E-state index contributed by atoms with van der Waals surface area (Å²) in [5.41, 5.74) is -3.89. The number of anilines is 2. The van der Waals surface area contributed by atoms with E-state index in [-0.39, 0.29) is 58.4 Å². The second-order valence-corrected chi connectivity index (χ2v) is 15.0. The van der Waals surface area contributed by atoms with Crippen molar-refractivity contribution in [3.63, 3.8) is 0 Å². The number of nitrogens with one attached hydrogen (secondary N) is 2. The molecule has 0 radical (unpaired) electrons. The molecule has 2 aromatic rings. The maximum atomic E-state index is 14.7. The Labute approximate surface area is 284 Å². The number of aromatic hydroxyl groups is 1. The van der Waals surface area contributed by atoms with Gasteiger partial charge in [0.15, 0.2) is 11.4 Å². The number of aliphatic hydroxyl groups is 2. The first kappa shape index (κ1) is 35.5. The van der Waals surface area contributed by atoms with Gasteiger partial charge in [-0.05, 0) is 80.2 Å². The van der Waals surface area contributed by atoms with E-state index in [0.29, 0.717) is 22.3 Å². The average Bonchev–Trinajstić information content (AvgIpc) is 2.96. The van der Waals surface area contributed by atoms with Gasteiger partial charge in [0.25, 0.3) is 5.69 Å². The van der Waals surface area contributed by atoms with Crippen LogP contribution in [-0.4, -0.2) is 49.2 Å². The molecule has 0 saturated heterocycles. The minimum absolute atomic E-state index is 0.0782. The van der Waals surface area contributed by atoms with Crippen molar-refractivity contribution in [3.05, 3.63) is 73.4 Å². The van der Waals surface area contributed by atoms with Crippen LogP contribution in [0.4, 0.5) is 21.9 Å². The number of urea groups is 1. The molecule has 1 saturated carbocycles. The quantitative estimate of drug-likeness (QED) is 0.0730. The number of amides is 2. The topological polar surface area (TPSA) is 196 Å². The third kappa shape index (κ3) is 5.06. The van der Waals surface area contributed by atoms with Gasteiger partial charge >= 0.3 is 6.03 Å². The summed E-state index contributed by atoms with van der Waals surface area (Å²) in [5.74, 6) is -4.67. The van der Waals surface area contributed by atoms with E-state index in [1.54, 1.807) is 39.8 Å². The maximum Gasteiger partial charge on any atom is 0.323 e. The van der Waals surface area contributed by atoms with Crippen molar-refractivity contribution < 1.29 is 39.4 Å². The molecule has 260 valence electrons. The Hall–Kier alpha value is -4.84. The zero-order chi connectivity index (χ0) is 36.7. The summed E-state index contributed by atoms with van der Waals surface area (Å²) in [5, 5.41) is 52.5. The second kappa shape index (κ2) is 11.6. The molecule has 3 aliphatic carbocycles. The first-order valence-electron chi connectivity index (χ1n) is 16.3. The van der Waals surface area contributed by atoms with Crippen molar-refractivity contribution in [3.8, 4) is 5.75 Å². The molecule has 49 heavy (non-hydrogen) atoms. The predicted octanol–water partition coefficient (Wildman–Crippen LogP) is 6.68. The van der Waals surface area contributed by atoms with E-state index in [2.05, 4.69) is 10.6 Å². The number of hydrogen-bond acceptors (Lipinski definition) is 9. The number of nitro benzene ring substituents is 1. The van der Waals surface area contributed by atoms with Crippen LogP contribution in [-0.2, 0) is 20.8 Å².